The first-order valence-corrected chi connectivity index (χ1v) is 7.78. The van der Waals surface area contributed by atoms with Gasteiger partial charge in [0.1, 0.15) is 0 Å². The highest BCUT2D eigenvalue weighted by atomic mass is 35.7. The van der Waals surface area contributed by atoms with Crippen molar-refractivity contribution in [2.24, 2.45) is 0 Å². The van der Waals surface area contributed by atoms with E-state index in [4.69, 9.17) is 10.7 Å². The smallest absolute Gasteiger partial charge is 0.0635 e. The quantitative estimate of drug-likeness (QED) is 0.861. The monoisotopic (exact) mass is 269 g/mol. The van der Waals surface area contributed by atoms with Crippen molar-refractivity contribution in [3.05, 3.63) is 17.5 Å². The number of hydrogen-bond donors (Lipinski definition) is 2. The maximum absolute atomic E-state index is 10.1. The third kappa shape index (κ3) is 2.31. The number of halogens is 1. The zero-order valence-corrected chi connectivity index (χ0v) is 11.6. The summed E-state index contributed by atoms with van der Waals surface area (Å²) < 4.78 is 21.8. The summed E-state index contributed by atoms with van der Waals surface area (Å²) in [4.78, 5) is 0.870. The maximum Gasteiger partial charge on any atom is 0.0635 e. The number of aromatic nitrogens is 1. The van der Waals surface area contributed by atoms with E-state index < -0.39 is 10.8 Å². The fourth-order valence-electron chi connectivity index (χ4n) is 1.42. The molecule has 2 N–H and O–H groups in total. The first-order chi connectivity index (χ1) is 6.82. The van der Waals surface area contributed by atoms with E-state index in [0.29, 0.717) is 0 Å². The topological polar surface area (TPSA) is 45.4 Å². The lowest BCUT2D eigenvalue weighted by atomic mass is 10.4. The van der Waals surface area contributed by atoms with E-state index in [2.05, 4.69) is 0 Å². The van der Waals surface area contributed by atoms with E-state index in [9.17, 15) is 9.11 Å². The van der Waals surface area contributed by atoms with Gasteiger partial charge in [-0.05, 0) is 55.4 Å². The fourth-order valence-corrected chi connectivity index (χ4v) is 3.76. The Morgan fingerprint density at radius 3 is 2.27 bits per heavy atom. The molecule has 1 aromatic heterocycles. The molecule has 0 aliphatic carbocycles. The van der Waals surface area contributed by atoms with Gasteiger partial charge in [-0.15, -0.1) is 10.8 Å². The Morgan fingerprint density at radius 2 is 1.93 bits per heavy atom. The summed E-state index contributed by atoms with van der Waals surface area (Å²) in [7, 11) is 4.01. The highest BCUT2D eigenvalue weighted by molar-refractivity contribution is 8.23. The van der Waals surface area contributed by atoms with Crippen molar-refractivity contribution in [2.45, 2.75) is 37.8 Å². The van der Waals surface area contributed by atoms with Crippen molar-refractivity contribution in [3.8, 4) is 0 Å². The first kappa shape index (κ1) is 13.3. The molecule has 0 aliphatic heterocycles. The Labute approximate surface area is 101 Å². The second kappa shape index (κ2) is 4.59. The van der Waals surface area contributed by atoms with Gasteiger partial charge in [0.15, 0.2) is 0 Å². The van der Waals surface area contributed by atoms with Crippen LogP contribution >= 0.6 is 32.4 Å². The standard InChI is InChI=1S/C9H16ClNO2S2/c1-6(2)15(12,13)11-7(3)5-9(14-10)8(11)4/h5-6,12-13H,1-4H3. The summed E-state index contributed by atoms with van der Waals surface area (Å²) in [5.41, 5.74) is 1.63. The van der Waals surface area contributed by atoms with Gasteiger partial charge in [0.05, 0.1) is 10.9 Å². The molecular weight excluding hydrogens is 254 g/mol. The van der Waals surface area contributed by atoms with Crippen LogP contribution in [0, 0.1) is 13.8 Å². The van der Waals surface area contributed by atoms with Crippen molar-refractivity contribution in [3.63, 3.8) is 0 Å². The summed E-state index contributed by atoms with van der Waals surface area (Å²) in [6.45, 7) is 7.28. The zero-order chi connectivity index (χ0) is 11.8. The Bertz CT molecular complexity index is 363. The van der Waals surface area contributed by atoms with Crippen molar-refractivity contribution in [2.75, 3.05) is 0 Å². The molecule has 1 heterocycles. The Morgan fingerprint density at radius 1 is 1.40 bits per heavy atom. The van der Waals surface area contributed by atoms with Crippen molar-refractivity contribution < 1.29 is 9.11 Å². The van der Waals surface area contributed by atoms with Crippen molar-refractivity contribution in [1.82, 2.24) is 3.97 Å². The summed E-state index contributed by atoms with van der Waals surface area (Å²) >= 11 is 0. The molecule has 3 nitrogen and oxygen atoms in total. The van der Waals surface area contributed by atoms with Crippen LogP contribution in [0.5, 0.6) is 0 Å². The molecule has 0 atom stereocenters. The van der Waals surface area contributed by atoms with Gasteiger partial charge < -0.3 is 0 Å². The molecule has 0 unspecified atom stereocenters. The molecule has 0 aromatic carbocycles. The molecule has 15 heavy (non-hydrogen) atoms. The first-order valence-electron chi connectivity index (χ1n) is 4.57. The van der Waals surface area contributed by atoms with Gasteiger partial charge in [-0.3, -0.25) is 9.11 Å². The van der Waals surface area contributed by atoms with E-state index in [1.54, 1.807) is 17.8 Å². The summed E-state index contributed by atoms with van der Waals surface area (Å²) in [6.07, 6.45) is 0. The van der Waals surface area contributed by atoms with Crippen LogP contribution in [0.3, 0.4) is 0 Å². The third-order valence-corrected chi connectivity index (χ3v) is 5.75. The van der Waals surface area contributed by atoms with Gasteiger partial charge in [0, 0.05) is 10.6 Å². The van der Waals surface area contributed by atoms with Crippen LogP contribution in [0.1, 0.15) is 25.2 Å². The maximum atomic E-state index is 10.1. The molecule has 0 amide bonds. The van der Waals surface area contributed by atoms with Crippen molar-refractivity contribution in [1.29, 1.82) is 0 Å². The predicted molar refractivity (Wildman–Crippen MR) is 69.0 cm³/mol. The molecular formula is C9H16ClNO2S2. The SMILES string of the molecule is Cc1cc(SCl)c(C)n1S(O)(O)C(C)C. The number of aryl methyl sites for hydroxylation is 1. The van der Waals surface area contributed by atoms with E-state index in [-0.39, 0.29) is 5.25 Å². The molecule has 0 saturated heterocycles. The van der Waals surface area contributed by atoms with Crippen LogP contribution in [0.4, 0.5) is 0 Å². The number of rotatable bonds is 3. The average Bonchev–Trinajstić information content (AvgIpc) is 2.41. The van der Waals surface area contributed by atoms with Crippen molar-refractivity contribution >= 4 is 32.4 Å². The molecule has 0 saturated carbocycles. The Hall–Kier alpha value is 0.190. The molecule has 1 rings (SSSR count). The fraction of sp³-hybridized carbons (Fsp3) is 0.556. The molecule has 0 spiro atoms. The second-order valence-electron chi connectivity index (χ2n) is 3.72. The lowest BCUT2D eigenvalue weighted by Gasteiger charge is -2.39. The van der Waals surface area contributed by atoms with Crippen LogP contribution < -0.4 is 0 Å². The van der Waals surface area contributed by atoms with Crippen LogP contribution in [0.25, 0.3) is 0 Å². The highest BCUT2D eigenvalue weighted by Gasteiger charge is 2.24. The molecule has 0 aliphatic rings. The largest absolute Gasteiger partial charge is 0.281 e. The van der Waals surface area contributed by atoms with Crippen LogP contribution in [0.15, 0.2) is 11.0 Å². The van der Waals surface area contributed by atoms with Crippen LogP contribution in [-0.4, -0.2) is 18.3 Å². The lowest BCUT2D eigenvalue weighted by Crippen LogP contribution is -2.20. The van der Waals surface area contributed by atoms with Crippen LogP contribution in [0.2, 0.25) is 0 Å². The molecule has 0 radical (unpaired) electrons. The Balaban J connectivity index is 3.31. The van der Waals surface area contributed by atoms with E-state index >= 15 is 0 Å². The molecule has 0 fully saturated rings. The minimum atomic E-state index is -2.78. The van der Waals surface area contributed by atoms with Gasteiger partial charge in [-0.1, -0.05) is 0 Å². The van der Waals surface area contributed by atoms with Gasteiger partial charge in [0.25, 0.3) is 0 Å². The predicted octanol–water partition coefficient (Wildman–Crippen LogP) is 4.27. The van der Waals surface area contributed by atoms with E-state index in [0.717, 1.165) is 27.3 Å². The summed E-state index contributed by atoms with van der Waals surface area (Å²) in [6, 6.07) is 1.86. The summed E-state index contributed by atoms with van der Waals surface area (Å²) in [5, 5.41) is -0.213. The third-order valence-electron chi connectivity index (χ3n) is 2.31. The summed E-state index contributed by atoms with van der Waals surface area (Å²) in [5.74, 6) is 0. The lowest BCUT2D eigenvalue weighted by molar-refractivity contribution is 0.462. The number of hydrogen-bond acceptors (Lipinski definition) is 3. The molecule has 88 valence electrons. The number of nitrogens with zero attached hydrogens (tertiary/aromatic N) is 1. The molecule has 1 aromatic rings. The van der Waals surface area contributed by atoms with Crippen LogP contribution in [-0.2, 0) is 0 Å². The minimum absolute atomic E-state index is 0.213. The molecule has 0 bridgehead atoms. The zero-order valence-electron chi connectivity index (χ0n) is 9.19. The highest BCUT2D eigenvalue weighted by Crippen LogP contribution is 2.49. The second-order valence-corrected chi connectivity index (χ2v) is 7.20. The van der Waals surface area contributed by atoms with Gasteiger partial charge in [0.2, 0.25) is 0 Å². The molecule has 6 heteroatoms. The van der Waals surface area contributed by atoms with E-state index in [1.807, 2.05) is 19.9 Å². The Kier molecular flexibility index (Phi) is 4.06. The normalized spacial score (nSPS) is 13.6. The average molecular weight is 270 g/mol. The van der Waals surface area contributed by atoms with Gasteiger partial charge >= 0.3 is 0 Å². The van der Waals surface area contributed by atoms with E-state index in [1.165, 1.54) is 0 Å². The van der Waals surface area contributed by atoms with Gasteiger partial charge in [-0.25, -0.2) is 3.97 Å². The van der Waals surface area contributed by atoms with Gasteiger partial charge in [-0.2, -0.15) is 0 Å². The minimum Gasteiger partial charge on any atom is -0.281 e.